The van der Waals surface area contributed by atoms with Gasteiger partial charge in [0.25, 0.3) is 0 Å². The summed E-state index contributed by atoms with van der Waals surface area (Å²) in [6, 6.07) is 17.3. The number of ether oxygens (including phenoxy) is 2. The third kappa shape index (κ3) is 6.88. The van der Waals surface area contributed by atoms with E-state index in [2.05, 4.69) is 22.9 Å². The molecule has 0 saturated heterocycles. The van der Waals surface area contributed by atoms with Gasteiger partial charge >= 0.3 is 6.09 Å². The Bertz CT molecular complexity index is 631. The first kappa shape index (κ1) is 19.5. The van der Waals surface area contributed by atoms with Gasteiger partial charge in [-0.1, -0.05) is 59.6 Å². The summed E-state index contributed by atoms with van der Waals surface area (Å²) in [5.74, 6) is 0. The van der Waals surface area contributed by atoms with Crippen LogP contribution >= 0.6 is 15.9 Å². The van der Waals surface area contributed by atoms with Crippen molar-refractivity contribution in [1.82, 2.24) is 0 Å². The van der Waals surface area contributed by atoms with Gasteiger partial charge in [-0.3, -0.25) is 4.90 Å². The molecule has 2 aromatic rings. The Labute approximate surface area is 157 Å². The first-order valence-electron chi connectivity index (χ1n) is 8.52. The molecule has 0 bridgehead atoms. The molecule has 0 saturated carbocycles. The highest BCUT2D eigenvalue weighted by molar-refractivity contribution is 9.10. The number of unbranched alkanes of at least 4 members (excludes halogenated alkanes) is 1. The van der Waals surface area contributed by atoms with Gasteiger partial charge in [0.1, 0.15) is 6.61 Å². The Hall–Kier alpha value is -1.85. The molecule has 25 heavy (non-hydrogen) atoms. The van der Waals surface area contributed by atoms with Gasteiger partial charge in [0.15, 0.2) is 0 Å². The summed E-state index contributed by atoms with van der Waals surface area (Å²) in [4.78, 5) is 14.2. The Balaban J connectivity index is 1.96. The average Bonchev–Trinajstić information content (AvgIpc) is 2.65. The van der Waals surface area contributed by atoms with E-state index >= 15 is 0 Å². The normalized spacial score (nSPS) is 10.5. The lowest BCUT2D eigenvalue weighted by Crippen LogP contribution is -2.34. The van der Waals surface area contributed by atoms with Gasteiger partial charge in [-0.2, -0.15) is 0 Å². The van der Waals surface area contributed by atoms with Crippen molar-refractivity contribution in [3.05, 3.63) is 64.6 Å². The number of nitrogens with zero attached hydrogens (tertiary/aromatic N) is 1. The molecule has 0 aromatic heterocycles. The van der Waals surface area contributed by atoms with Gasteiger partial charge in [0.2, 0.25) is 0 Å². The Morgan fingerprint density at radius 3 is 2.44 bits per heavy atom. The van der Waals surface area contributed by atoms with Crippen molar-refractivity contribution >= 4 is 27.7 Å². The third-order valence-corrected chi connectivity index (χ3v) is 4.19. The lowest BCUT2D eigenvalue weighted by molar-refractivity contribution is 0.126. The molecule has 5 heteroatoms. The standard InChI is InChI=1S/C20H24BrNO3/c1-2-3-14-24-15-13-22(19-11-9-18(21)10-12-19)20(23)25-16-17-7-5-4-6-8-17/h4-12H,2-3,13-16H2,1H3. The zero-order valence-corrected chi connectivity index (χ0v) is 16.1. The lowest BCUT2D eigenvalue weighted by Gasteiger charge is -2.22. The average molecular weight is 406 g/mol. The van der Waals surface area contributed by atoms with Crippen LogP contribution in [0.5, 0.6) is 0 Å². The van der Waals surface area contributed by atoms with Gasteiger partial charge in [0.05, 0.1) is 13.2 Å². The minimum Gasteiger partial charge on any atom is -0.444 e. The molecule has 0 fully saturated rings. The molecule has 2 aromatic carbocycles. The van der Waals surface area contributed by atoms with Crippen molar-refractivity contribution in [3.8, 4) is 0 Å². The van der Waals surface area contributed by atoms with Gasteiger partial charge < -0.3 is 9.47 Å². The molecule has 0 unspecified atom stereocenters. The minimum absolute atomic E-state index is 0.253. The highest BCUT2D eigenvalue weighted by atomic mass is 79.9. The summed E-state index contributed by atoms with van der Waals surface area (Å²) in [7, 11) is 0. The van der Waals surface area contributed by atoms with Crippen molar-refractivity contribution in [2.45, 2.75) is 26.4 Å². The molecule has 2 rings (SSSR count). The predicted octanol–water partition coefficient (Wildman–Crippen LogP) is 5.41. The molecule has 0 atom stereocenters. The van der Waals surface area contributed by atoms with E-state index in [1.54, 1.807) is 4.90 Å². The van der Waals surface area contributed by atoms with Crippen LogP contribution in [0.4, 0.5) is 10.5 Å². The van der Waals surface area contributed by atoms with Crippen molar-refractivity contribution in [2.24, 2.45) is 0 Å². The Kier molecular flexibility index (Phi) is 8.49. The monoisotopic (exact) mass is 405 g/mol. The van der Waals surface area contributed by atoms with E-state index in [9.17, 15) is 4.79 Å². The molecule has 0 aliphatic heterocycles. The summed E-state index contributed by atoms with van der Waals surface area (Å²) in [5.41, 5.74) is 1.76. The Morgan fingerprint density at radius 2 is 1.76 bits per heavy atom. The molecular weight excluding hydrogens is 382 g/mol. The predicted molar refractivity (Wildman–Crippen MR) is 104 cm³/mol. The lowest BCUT2D eigenvalue weighted by atomic mass is 10.2. The second-order valence-electron chi connectivity index (χ2n) is 5.63. The topological polar surface area (TPSA) is 38.8 Å². The van der Waals surface area contributed by atoms with Crippen LogP contribution in [0.1, 0.15) is 25.3 Å². The van der Waals surface area contributed by atoms with Crippen LogP contribution < -0.4 is 4.90 Å². The van der Waals surface area contributed by atoms with E-state index < -0.39 is 0 Å². The number of carbonyl (C=O) groups excluding carboxylic acids is 1. The van der Waals surface area contributed by atoms with E-state index in [0.717, 1.165) is 28.6 Å². The number of benzene rings is 2. The van der Waals surface area contributed by atoms with Crippen molar-refractivity contribution in [2.75, 3.05) is 24.7 Å². The SMILES string of the molecule is CCCCOCCN(C(=O)OCc1ccccc1)c1ccc(Br)cc1. The van der Waals surface area contributed by atoms with Crippen LogP contribution in [0.2, 0.25) is 0 Å². The molecule has 0 heterocycles. The molecular formula is C20H24BrNO3. The smallest absolute Gasteiger partial charge is 0.414 e. The molecule has 4 nitrogen and oxygen atoms in total. The zero-order chi connectivity index (χ0) is 17.9. The molecule has 0 N–H and O–H groups in total. The fourth-order valence-corrected chi connectivity index (χ4v) is 2.51. The number of hydrogen-bond donors (Lipinski definition) is 0. The maximum atomic E-state index is 12.6. The molecule has 134 valence electrons. The van der Waals surface area contributed by atoms with Crippen LogP contribution in [0.15, 0.2) is 59.1 Å². The van der Waals surface area contributed by atoms with Crippen molar-refractivity contribution < 1.29 is 14.3 Å². The highest BCUT2D eigenvalue weighted by Crippen LogP contribution is 2.19. The highest BCUT2D eigenvalue weighted by Gasteiger charge is 2.17. The molecule has 0 aliphatic rings. The third-order valence-electron chi connectivity index (χ3n) is 3.67. The second-order valence-corrected chi connectivity index (χ2v) is 6.55. The summed E-state index contributed by atoms with van der Waals surface area (Å²) in [6.45, 7) is 4.03. The van der Waals surface area contributed by atoms with E-state index in [0.29, 0.717) is 19.8 Å². The van der Waals surface area contributed by atoms with Gasteiger partial charge in [-0.25, -0.2) is 4.79 Å². The zero-order valence-electron chi connectivity index (χ0n) is 14.5. The molecule has 0 radical (unpaired) electrons. The maximum absolute atomic E-state index is 12.6. The van der Waals surface area contributed by atoms with Crippen LogP contribution in [0.3, 0.4) is 0 Å². The van der Waals surface area contributed by atoms with Gasteiger partial charge in [0, 0.05) is 16.8 Å². The summed E-state index contributed by atoms with van der Waals surface area (Å²) in [6.07, 6.45) is 1.75. The summed E-state index contributed by atoms with van der Waals surface area (Å²) < 4.78 is 12.0. The number of hydrogen-bond acceptors (Lipinski definition) is 3. The number of carbonyl (C=O) groups is 1. The minimum atomic E-state index is -0.370. The Morgan fingerprint density at radius 1 is 1.04 bits per heavy atom. The van der Waals surface area contributed by atoms with E-state index in [1.807, 2.05) is 54.6 Å². The first-order valence-corrected chi connectivity index (χ1v) is 9.31. The van der Waals surface area contributed by atoms with Crippen LogP contribution in [-0.2, 0) is 16.1 Å². The summed E-state index contributed by atoms with van der Waals surface area (Å²) in [5, 5.41) is 0. The fourth-order valence-electron chi connectivity index (χ4n) is 2.25. The maximum Gasteiger partial charge on any atom is 0.414 e. The van der Waals surface area contributed by atoms with Crippen LogP contribution in [0.25, 0.3) is 0 Å². The quantitative estimate of drug-likeness (QED) is 0.523. The number of amides is 1. The molecule has 0 aliphatic carbocycles. The van der Waals surface area contributed by atoms with Gasteiger partial charge in [-0.05, 0) is 36.2 Å². The molecule has 1 amide bonds. The number of anilines is 1. The first-order chi connectivity index (χ1) is 12.2. The summed E-state index contributed by atoms with van der Waals surface area (Å²) >= 11 is 3.41. The van der Waals surface area contributed by atoms with E-state index in [1.165, 1.54) is 0 Å². The number of halogens is 1. The van der Waals surface area contributed by atoms with Crippen LogP contribution in [0, 0.1) is 0 Å². The van der Waals surface area contributed by atoms with Crippen molar-refractivity contribution in [3.63, 3.8) is 0 Å². The number of rotatable bonds is 9. The van der Waals surface area contributed by atoms with Gasteiger partial charge in [-0.15, -0.1) is 0 Å². The van der Waals surface area contributed by atoms with E-state index in [4.69, 9.17) is 9.47 Å². The van der Waals surface area contributed by atoms with E-state index in [-0.39, 0.29) is 12.7 Å². The fraction of sp³-hybridized carbons (Fsp3) is 0.350. The molecule has 0 spiro atoms. The van der Waals surface area contributed by atoms with Crippen molar-refractivity contribution in [1.29, 1.82) is 0 Å². The largest absolute Gasteiger partial charge is 0.444 e. The van der Waals surface area contributed by atoms with Crippen LogP contribution in [-0.4, -0.2) is 25.9 Å². The second kappa shape index (κ2) is 10.9.